The fourth-order valence-corrected chi connectivity index (χ4v) is 3.24. The molecule has 1 amide bonds. The molecule has 2 heterocycles. The number of nitrogens with zero attached hydrogens (tertiary/aromatic N) is 5. The summed E-state index contributed by atoms with van der Waals surface area (Å²) >= 11 is 0. The van der Waals surface area contributed by atoms with Crippen LogP contribution >= 0.6 is 0 Å². The lowest BCUT2D eigenvalue weighted by molar-refractivity contribution is -0.141. The Morgan fingerprint density at radius 1 is 1.17 bits per heavy atom. The van der Waals surface area contributed by atoms with E-state index in [2.05, 4.69) is 31.9 Å². The van der Waals surface area contributed by atoms with Crippen molar-refractivity contribution in [3.8, 4) is 11.9 Å². The molecule has 0 radical (unpaired) electrons. The van der Waals surface area contributed by atoms with E-state index in [-0.39, 0.29) is 30.9 Å². The molecule has 198 valence electrons. The summed E-state index contributed by atoms with van der Waals surface area (Å²) in [5, 5.41) is 2.95. The van der Waals surface area contributed by atoms with E-state index < -0.39 is 0 Å². The first-order valence-electron chi connectivity index (χ1n) is 11.9. The Balaban J connectivity index is 1.93. The van der Waals surface area contributed by atoms with Crippen molar-refractivity contribution in [2.24, 2.45) is 0 Å². The number of unbranched alkanes of at least 4 members (excludes halogenated alkanes) is 2. The van der Waals surface area contributed by atoms with Crippen LogP contribution < -0.4 is 25.4 Å². The minimum atomic E-state index is -0.253. The third-order valence-corrected chi connectivity index (χ3v) is 5.24. The van der Waals surface area contributed by atoms with E-state index in [1.807, 2.05) is 18.0 Å². The smallest absolute Gasteiger partial charge is 0.320 e. The largest absolute Gasteiger partial charge is 0.478 e. The van der Waals surface area contributed by atoms with Crippen LogP contribution in [0, 0.1) is 0 Å². The molecular formula is C24H37N7O5. The number of rotatable bonds is 17. The lowest BCUT2D eigenvalue weighted by Crippen LogP contribution is -2.27. The molecule has 2 rings (SSSR count). The summed E-state index contributed by atoms with van der Waals surface area (Å²) in [6.45, 7) is 4.28. The molecular weight excluding hydrogens is 466 g/mol. The van der Waals surface area contributed by atoms with Crippen LogP contribution in [0.3, 0.4) is 0 Å². The van der Waals surface area contributed by atoms with Gasteiger partial charge in [-0.3, -0.25) is 19.4 Å². The summed E-state index contributed by atoms with van der Waals surface area (Å²) in [7, 11) is 4.94. The molecule has 0 atom stereocenters. The number of likely N-dealkylation sites (N-methyl/N-ethyl adjacent to an activating group) is 1. The third-order valence-electron chi connectivity index (χ3n) is 5.24. The fraction of sp³-hybridized carbons (Fsp3) is 0.542. The molecule has 0 saturated carbocycles. The minimum absolute atomic E-state index is 0.125. The van der Waals surface area contributed by atoms with Gasteiger partial charge >= 0.3 is 12.0 Å². The number of hydrogen-bond donors (Lipinski definition) is 2. The van der Waals surface area contributed by atoms with Crippen LogP contribution in [0.25, 0.3) is 0 Å². The number of hydrogen-bond acceptors (Lipinski definition) is 11. The average Bonchev–Trinajstić information content (AvgIpc) is 2.87. The Morgan fingerprint density at radius 2 is 1.94 bits per heavy atom. The Labute approximate surface area is 212 Å². The zero-order chi connectivity index (χ0) is 26.3. The van der Waals surface area contributed by atoms with Crippen molar-refractivity contribution in [3.05, 3.63) is 23.9 Å². The SMILES string of the molecule is CCCCOc1nc(N)c(NC)c(N(C=O)Cc2ccc(OCCCCN(C)CC(=O)OC)nc2)n1. The molecule has 0 aromatic carbocycles. The summed E-state index contributed by atoms with van der Waals surface area (Å²) in [6.07, 6.45) is 5.85. The molecule has 0 aliphatic heterocycles. The number of carbonyl (C=O) groups excluding carboxylic acids is 2. The number of pyridine rings is 1. The molecule has 12 nitrogen and oxygen atoms in total. The van der Waals surface area contributed by atoms with Gasteiger partial charge in [0, 0.05) is 19.3 Å². The number of esters is 1. The van der Waals surface area contributed by atoms with Gasteiger partial charge in [0.2, 0.25) is 12.3 Å². The Hall–Kier alpha value is -3.67. The number of nitrogens with one attached hydrogen (secondary N) is 1. The van der Waals surface area contributed by atoms with Gasteiger partial charge in [0.15, 0.2) is 11.6 Å². The van der Waals surface area contributed by atoms with Crippen LogP contribution in [0.4, 0.5) is 17.3 Å². The van der Waals surface area contributed by atoms with Crippen LogP contribution in [-0.2, 0) is 20.9 Å². The minimum Gasteiger partial charge on any atom is -0.478 e. The summed E-state index contributed by atoms with van der Waals surface area (Å²) in [4.78, 5) is 39.4. The highest BCUT2D eigenvalue weighted by atomic mass is 16.5. The maximum atomic E-state index is 11.9. The third kappa shape index (κ3) is 9.17. The van der Waals surface area contributed by atoms with E-state index in [0.29, 0.717) is 37.0 Å². The van der Waals surface area contributed by atoms with Gasteiger partial charge in [-0.15, -0.1) is 0 Å². The fourth-order valence-electron chi connectivity index (χ4n) is 3.24. The topological polar surface area (TPSA) is 145 Å². The van der Waals surface area contributed by atoms with Crippen molar-refractivity contribution >= 4 is 29.7 Å². The van der Waals surface area contributed by atoms with E-state index in [4.69, 9.17) is 15.2 Å². The maximum absolute atomic E-state index is 11.9. The number of nitrogen functional groups attached to an aromatic ring is 1. The Kier molecular flexibility index (Phi) is 12.2. The van der Waals surface area contributed by atoms with Crippen molar-refractivity contribution in [3.63, 3.8) is 0 Å². The molecule has 3 N–H and O–H groups in total. The van der Waals surface area contributed by atoms with Gasteiger partial charge in [0.1, 0.15) is 5.69 Å². The Bertz CT molecular complexity index is 959. The number of nitrogens with two attached hydrogens (primary N) is 1. The molecule has 0 unspecified atom stereocenters. The lowest BCUT2D eigenvalue weighted by atomic mass is 10.2. The van der Waals surface area contributed by atoms with Crippen molar-refractivity contribution in [2.75, 3.05) is 63.5 Å². The monoisotopic (exact) mass is 503 g/mol. The molecule has 2 aromatic heterocycles. The van der Waals surface area contributed by atoms with E-state index >= 15 is 0 Å². The summed E-state index contributed by atoms with van der Waals surface area (Å²) in [6, 6.07) is 3.72. The maximum Gasteiger partial charge on any atom is 0.320 e. The van der Waals surface area contributed by atoms with Crippen LogP contribution in [0.2, 0.25) is 0 Å². The average molecular weight is 504 g/mol. The second-order valence-corrected chi connectivity index (χ2v) is 8.15. The van der Waals surface area contributed by atoms with Gasteiger partial charge in [-0.05, 0) is 38.4 Å². The van der Waals surface area contributed by atoms with E-state index in [1.165, 1.54) is 12.0 Å². The summed E-state index contributed by atoms with van der Waals surface area (Å²) in [5.74, 6) is 0.758. The van der Waals surface area contributed by atoms with Crippen molar-refractivity contribution in [1.82, 2.24) is 19.9 Å². The summed E-state index contributed by atoms with van der Waals surface area (Å²) < 4.78 is 16.0. The number of amides is 1. The zero-order valence-electron chi connectivity index (χ0n) is 21.5. The van der Waals surface area contributed by atoms with Gasteiger partial charge in [-0.2, -0.15) is 9.97 Å². The van der Waals surface area contributed by atoms with Gasteiger partial charge in [-0.1, -0.05) is 19.4 Å². The van der Waals surface area contributed by atoms with Gasteiger partial charge in [-0.25, -0.2) is 4.98 Å². The highest BCUT2D eigenvalue weighted by Crippen LogP contribution is 2.30. The van der Waals surface area contributed by atoms with Crippen molar-refractivity contribution in [2.45, 2.75) is 39.2 Å². The number of carbonyl (C=O) groups is 2. The number of methoxy groups -OCH3 is 1. The molecule has 2 aromatic rings. The molecule has 0 aliphatic rings. The second kappa shape index (κ2) is 15.4. The van der Waals surface area contributed by atoms with Crippen LogP contribution in [0.5, 0.6) is 11.9 Å². The molecule has 12 heteroatoms. The van der Waals surface area contributed by atoms with Crippen molar-refractivity contribution in [1.29, 1.82) is 0 Å². The number of aromatic nitrogens is 3. The molecule has 36 heavy (non-hydrogen) atoms. The molecule has 0 bridgehead atoms. The highest BCUT2D eigenvalue weighted by molar-refractivity contribution is 5.85. The highest BCUT2D eigenvalue weighted by Gasteiger charge is 2.19. The summed E-state index contributed by atoms with van der Waals surface area (Å²) in [5.41, 5.74) is 7.29. The van der Waals surface area contributed by atoms with Crippen LogP contribution in [0.1, 0.15) is 38.2 Å². The molecule has 0 aliphatic carbocycles. The number of ether oxygens (including phenoxy) is 3. The quantitative estimate of drug-likeness (QED) is 0.186. The Morgan fingerprint density at radius 3 is 2.58 bits per heavy atom. The van der Waals surface area contributed by atoms with E-state index in [1.54, 1.807) is 19.3 Å². The predicted octanol–water partition coefficient (Wildman–Crippen LogP) is 2.10. The van der Waals surface area contributed by atoms with Crippen LogP contribution in [-0.4, -0.2) is 79.7 Å². The molecule has 0 spiro atoms. The first-order chi connectivity index (χ1) is 17.4. The number of anilines is 3. The predicted molar refractivity (Wildman–Crippen MR) is 137 cm³/mol. The lowest BCUT2D eigenvalue weighted by Gasteiger charge is -2.21. The van der Waals surface area contributed by atoms with E-state index in [0.717, 1.165) is 37.8 Å². The standard InChI is InChI=1S/C24H37N7O5/c1-5-6-12-36-24-28-22(25)21(26-2)23(29-24)31(17-32)15-18-9-10-19(27-14-18)35-13-8-7-11-30(3)16-20(33)34-4/h9-10,14,17,26H,5-8,11-13,15-16H2,1-4H3,(H2,25,28,29). The first kappa shape index (κ1) is 28.6. The van der Waals surface area contributed by atoms with Crippen molar-refractivity contribution < 1.29 is 23.8 Å². The zero-order valence-corrected chi connectivity index (χ0v) is 21.5. The first-order valence-corrected chi connectivity index (χ1v) is 11.9. The van der Waals surface area contributed by atoms with Gasteiger partial charge in [0.05, 0.1) is 33.4 Å². The second-order valence-electron chi connectivity index (χ2n) is 8.15. The van der Waals surface area contributed by atoms with Gasteiger partial charge in [0.25, 0.3) is 0 Å². The molecule has 0 saturated heterocycles. The molecule has 0 fully saturated rings. The van der Waals surface area contributed by atoms with Gasteiger partial charge < -0.3 is 25.3 Å². The normalized spacial score (nSPS) is 10.7. The van der Waals surface area contributed by atoms with E-state index in [9.17, 15) is 9.59 Å². The van der Waals surface area contributed by atoms with Crippen LogP contribution in [0.15, 0.2) is 18.3 Å².